The lowest BCUT2D eigenvalue weighted by Crippen LogP contribution is -2.15. The van der Waals surface area contributed by atoms with E-state index in [-0.39, 0.29) is 12.3 Å². The van der Waals surface area contributed by atoms with Crippen molar-refractivity contribution in [3.8, 4) is 17.0 Å². The lowest BCUT2D eigenvalue weighted by molar-refractivity contribution is -0.116. The minimum absolute atomic E-state index is 0.100. The van der Waals surface area contributed by atoms with Crippen LogP contribution in [0.3, 0.4) is 0 Å². The van der Waals surface area contributed by atoms with E-state index in [0.29, 0.717) is 17.7 Å². The second-order valence-corrected chi connectivity index (χ2v) is 7.13. The fraction of sp³-hybridized carbons (Fsp3) is 0.238. The van der Waals surface area contributed by atoms with E-state index in [1.54, 1.807) is 0 Å². The molecule has 0 saturated carbocycles. The molecule has 1 amide bonds. The summed E-state index contributed by atoms with van der Waals surface area (Å²) in [5, 5.41) is 5.40. The van der Waals surface area contributed by atoms with E-state index in [1.165, 1.54) is 16.9 Å². The van der Waals surface area contributed by atoms with Crippen molar-refractivity contribution in [3.05, 3.63) is 65.5 Å². The molecule has 0 fully saturated rings. The third-order valence-electron chi connectivity index (χ3n) is 3.96. The number of aromatic nitrogens is 1. The van der Waals surface area contributed by atoms with Crippen LogP contribution >= 0.6 is 11.3 Å². The molecular formula is C21H22N2O2S. The van der Waals surface area contributed by atoms with E-state index in [4.69, 9.17) is 4.74 Å². The first-order chi connectivity index (χ1) is 12.6. The summed E-state index contributed by atoms with van der Waals surface area (Å²) in [5.74, 6) is 1.17. The number of para-hydroxylation sites is 1. The van der Waals surface area contributed by atoms with Gasteiger partial charge in [0.15, 0.2) is 5.13 Å². The number of thiazole rings is 1. The topological polar surface area (TPSA) is 51.2 Å². The van der Waals surface area contributed by atoms with Gasteiger partial charge < -0.3 is 10.1 Å². The van der Waals surface area contributed by atoms with Gasteiger partial charge in [-0.05, 0) is 23.6 Å². The Morgan fingerprint density at radius 1 is 1.12 bits per heavy atom. The van der Waals surface area contributed by atoms with Crippen molar-refractivity contribution in [1.82, 2.24) is 4.98 Å². The number of benzene rings is 2. The van der Waals surface area contributed by atoms with Crippen molar-refractivity contribution in [3.63, 3.8) is 0 Å². The van der Waals surface area contributed by atoms with Gasteiger partial charge in [0.05, 0.1) is 18.7 Å². The molecule has 0 bridgehead atoms. The number of ether oxygens (including phenoxy) is 1. The van der Waals surface area contributed by atoms with E-state index in [9.17, 15) is 4.79 Å². The molecule has 1 heterocycles. The number of anilines is 1. The van der Waals surface area contributed by atoms with Gasteiger partial charge in [0.2, 0.25) is 5.91 Å². The molecule has 0 spiro atoms. The smallest absolute Gasteiger partial charge is 0.229 e. The normalized spacial score (nSPS) is 10.7. The zero-order valence-corrected chi connectivity index (χ0v) is 15.8. The molecule has 26 heavy (non-hydrogen) atoms. The Morgan fingerprint density at radius 2 is 1.85 bits per heavy atom. The molecule has 0 unspecified atom stereocenters. The highest BCUT2D eigenvalue weighted by atomic mass is 32.1. The summed E-state index contributed by atoms with van der Waals surface area (Å²) in [4.78, 5) is 16.6. The Hall–Kier alpha value is -2.66. The molecule has 0 atom stereocenters. The average Bonchev–Trinajstić information content (AvgIpc) is 3.11. The van der Waals surface area contributed by atoms with Crippen molar-refractivity contribution in [2.45, 2.75) is 26.2 Å². The van der Waals surface area contributed by atoms with Crippen molar-refractivity contribution in [2.75, 3.05) is 11.9 Å². The Morgan fingerprint density at radius 3 is 2.54 bits per heavy atom. The summed E-state index contributed by atoms with van der Waals surface area (Å²) in [6.45, 7) is 4.69. The first-order valence-electron chi connectivity index (χ1n) is 8.65. The van der Waals surface area contributed by atoms with Gasteiger partial charge in [-0.1, -0.05) is 56.3 Å². The highest BCUT2D eigenvalue weighted by Crippen LogP contribution is 2.26. The summed E-state index contributed by atoms with van der Waals surface area (Å²) in [7, 11) is 0. The van der Waals surface area contributed by atoms with Crippen LogP contribution in [0.1, 0.15) is 31.7 Å². The van der Waals surface area contributed by atoms with Crippen molar-refractivity contribution in [1.29, 1.82) is 0 Å². The van der Waals surface area contributed by atoms with E-state index in [0.717, 1.165) is 17.0 Å². The number of hydrogen-bond acceptors (Lipinski definition) is 4. The molecule has 0 radical (unpaired) electrons. The standard InChI is InChI=1S/C21H22N2O2S/c1-15(2)16-8-10-17(11-9-16)19-14-26-21(22-19)23-20(24)12-13-25-18-6-4-3-5-7-18/h3-11,14-15H,12-13H2,1-2H3,(H,22,23,24). The summed E-state index contributed by atoms with van der Waals surface area (Å²) in [6.07, 6.45) is 0.285. The molecule has 2 aromatic carbocycles. The van der Waals surface area contributed by atoms with Gasteiger partial charge in [-0.25, -0.2) is 4.98 Å². The summed E-state index contributed by atoms with van der Waals surface area (Å²) in [6, 6.07) is 17.9. The number of nitrogens with one attached hydrogen (secondary N) is 1. The van der Waals surface area contributed by atoms with Crippen molar-refractivity contribution in [2.24, 2.45) is 0 Å². The van der Waals surface area contributed by atoms with Gasteiger partial charge in [-0.3, -0.25) is 4.79 Å². The molecule has 5 heteroatoms. The first-order valence-corrected chi connectivity index (χ1v) is 9.53. The fourth-order valence-electron chi connectivity index (χ4n) is 2.46. The van der Waals surface area contributed by atoms with Gasteiger partial charge in [-0.2, -0.15) is 0 Å². The van der Waals surface area contributed by atoms with Gasteiger partial charge >= 0.3 is 0 Å². The zero-order chi connectivity index (χ0) is 18.4. The quantitative estimate of drug-likeness (QED) is 0.614. The summed E-state index contributed by atoms with van der Waals surface area (Å²) >= 11 is 1.43. The van der Waals surface area contributed by atoms with Crippen LogP contribution in [-0.4, -0.2) is 17.5 Å². The van der Waals surface area contributed by atoms with Gasteiger partial charge in [-0.15, -0.1) is 11.3 Å². The Kier molecular flexibility index (Phi) is 6.02. The monoisotopic (exact) mass is 366 g/mol. The maximum atomic E-state index is 12.0. The lowest BCUT2D eigenvalue weighted by atomic mass is 10.0. The average molecular weight is 366 g/mol. The predicted molar refractivity (Wildman–Crippen MR) is 107 cm³/mol. The molecule has 3 rings (SSSR count). The molecule has 1 aromatic heterocycles. The van der Waals surface area contributed by atoms with Crippen LogP contribution in [0.4, 0.5) is 5.13 Å². The van der Waals surface area contributed by atoms with E-state index >= 15 is 0 Å². The summed E-state index contributed by atoms with van der Waals surface area (Å²) in [5.41, 5.74) is 3.23. The number of rotatable bonds is 7. The van der Waals surface area contributed by atoms with Gasteiger partial charge in [0.25, 0.3) is 0 Å². The minimum Gasteiger partial charge on any atom is -0.493 e. The largest absolute Gasteiger partial charge is 0.493 e. The molecule has 0 aliphatic heterocycles. The first kappa shape index (κ1) is 18.1. The van der Waals surface area contributed by atoms with Crippen LogP contribution in [-0.2, 0) is 4.79 Å². The van der Waals surface area contributed by atoms with Crippen LogP contribution in [0.5, 0.6) is 5.75 Å². The Labute approximate surface area is 157 Å². The number of amides is 1. The molecule has 4 nitrogen and oxygen atoms in total. The lowest BCUT2D eigenvalue weighted by Gasteiger charge is -2.06. The predicted octanol–water partition coefficient (Wildman–Crippen LogP) is 5.34. The molecule has 0 aliphatic rings. The third-order valence-corrected chi connectivity index (χ3v) is 4.72. The zero-order valence-electron chi connectivity index (χ0n) is 14.9. The Bertz CT molecular complexity index is 842. The van der Waals surface area contributed by atoms with Crippen LogP contribution < -0.4 is 10.1 Å². The van der Waals surface area contributed by atoms with Crippen LogP contribution in [0.2, 0.25) is 0 Å². The highest BCUT2D eigenvalue weighted by Gasteiger charge is 2.09. The SMILES string of the molecule is CC(C)c1ccc(-c2csc(NC(=O)CCOc3ccccc3)n2)cc1. The second-order valence-electron chi connectivity index (χ2n) is 6.27. The second kappa shape index (κ2) is 8.63. The molecule has 0 aliphatic carbocycles. The van der Waals surface area contributed by atoms with Gasteiger partial charge in [0.1, 0.15) is 5.75 Å². The molecular weight excluding hydrogens is 344 g/mol. The van der Waals surface area contributed by atoms with Crippen molar-refractivity contribution < 1.29 is 9.53 Å². The van der Waals surface area contributed by atoms with E-state index < -0.39 is 0 Å². The number of carbonyl (C=O) groups is 1. The summed E-state index contributed by atoms with van der Waals surface area (Å²) < 4.78 is 5.54. The van der Waals surface area contributed by atoms with E-state index in [1.807, 2.05) is 35.7 Å². The van der Waals surface area contributed by atoms with Crippen LogP contribution in [0.15, 0.2) is 60.0 Å². The van der Waals surface area contributed by atoms with E-state index in [2.05, 4.69) is 48.4 Å². The maximum absolute atomic E-state index is 12.0. The maximum Gasteiger partial charge on any atom is 0.229 e. The number of hydrogen-bond donors (Lipinski definition) is 1. The van der Waals surface area contributed by atoms with Crippen LogP contribution in [0.25, 0.3) is 11.3 Å². The van der Waals surface area contributed by atoms with Crippen LogP contribution in [0, 0.1) is 0 Å². The third kappa shape index (κ3) is 4.92. The molecule has 134 valence electrons. The Balaban J connectivity index is 1.52. The fourth-order valence-corrected chi connectivity index (χ4v) is 3.20. The molecule has 0 saturated heterocycles. The molecule has 1 N–H and O–H groups in total. The van der Waals surface area contributed by atoms with Crippen molar-refractivity contribution >= 4 is 22.4 Å². The molecule has 3 aromatic rings. The minimum atomic E-state index is -0.100. The number of carbonyl (C=O) groups excluding carboxylic acids is 1. The van der Waals surface area contributed by atoms with Gasteiger partial charge in [0, 0.05) is 10.9 Å². The highest BCUT2D eigenvalue weighted by molar-refractivity contribution is 7.14. The number of nitrogens with zero attached hydrogens (tertiary/aromatic N) is 1.